The average Bonchev–Trinajstić information content (AvgIpc) is 2.57. The van der Waals surface area contributed by atoms with Crippen LogP contribution in [-0.2, 0) is 11.4 Å². The quantitative estimate of drug-likeness (QED) is 0.710. The molecular weight excluding hydrogens is 180 g/mol. The van der Waals surface area contributed by atoms with Crippen LogP contribution in [0.1, 0.15) is 11.4 Å². The highest BCUT2D eigenvalue weighted by molar-refractivity contribution is 5.78. The van der Waals surface area contributed by atoms with Crippen LogP contribution in [0, 0.1) is 6.92 Å². The second kappa shape index (κ2) is 3.73. The van der Waals surface area contributed by atoms with Gasteiger partial charge in [0.2, 0.25) is 0 Å². The van der Waals surface area contributed by atoms with Crippen LogP contribution in [0.4, 0.5) is 0 Å². The molecule has 0 unspecified atom stereocenters. The van der Waals surface area contributed by atoms with Crippen LogP contribution in [-0.4, -0.2) is 22.1 Å². The van der Waals surface area contributed by atoms with Crippen LogP contribution in [0.3, 0.4) is 0 Å². The largest absolute Gasteiger partial charge is 0.346 e. The summed E-state index contributed by atoms with van der Waals surface area (Å²) < 4.78 is 0. The van der Waals surface area contributed by atoms with Crippen molar-refractivity contribution in [3.8, 4) is 0 Å². The van der Waals surface area contributed by atoms with Gasteiger partial charge in [0.1, 0.15) is 11.5 Å². The van der Waals surface area contributed by atoms with Crippen molar-refractivity contribution in [1.82, 2.24) is 20.4 Å². The molecule has 0 saturated heterocycles. The monoisotopic (exact) mass is 192 g/mol. The van der Waals surface area contributed by atoms with Crippen LogP contribution in [0.2, 0.25) is 0 Å². The van der Waals surface area contributed by atoms with Gasteiger partial charge in [0.25, 0.3) is 0 Å². The number of hydroxylamine groups is 1. The third-order valence-electron chi connectivity index (χ3n) is 2.05. The summed E-state index contributed by atoms with van der Waals surface area (Å²) >= 11 is 0. The molecule has 0 atom stereocenters. The van der Waals surface area contributed by atoms with E-state index in [4.69, 9.17) is 4.84 Å². The fourth-order valence-electron chi connectivity index (χ4n) is 1.34. The molecule has 2 heterocycles. The van der Waals surface area contributed by atoms with Crippen LogP contribution in [0.15, 0.2) is 12.4 Å². The molecule has 2 aromatic heterocycles. The van der Waals surface area contributed by atoms with E-state index in [9.17, 15) is 0 Å². The highest BCUT2D eigenvalue weighted by Crippen LogP contribution is 2.14. The van der Waals surface area contributed by atoms with E-state index in [0.717, 1.165) is 22.4 Å². The van der Waals surface area contributed by atoms with Gasteiger partial charge in [0, 0.05) is 24.3 Å². The lowest BCUT2D eigenvalue weighted by atomic mass is 10.2. The van der Waals surface area contributed by atoms with E-state index in [-0.39, 0.29) is 0 Å². The highest BCUT2D eigenvalue weighted by Gasteiger charge is 2.04. The van der Waals surface area contributed by atoms with Crippen molar-refractivity contribution in [3.05, 3.63) is 23.8 Å². The number of aromatic amines is 1. The van der Waals surface area contributed by atoms with E-state index in [1.165, 1.54) is 0 Å². The van der Waals surface area contributed by atoms with Crippen LogP contribution < -0.4 is 5.48 Å². The minimum atomic E-state index is 0.642. The lowest BCUT2D eigenvalue weighted by Gasteiger charge is -1.99. The average molecular weight is 192 g/mol. The van der Waals surface area contributed by atoms with Crippen LogP contribution in [0.25, 0.3) is 11.0 Å². The number of aryl methyl sites for hydroxylation is 1. The molecule has 14 heavy (non-hydrogen) atoms. The molecule has 0 spiro atoms. The number of H-pyrrole nitrogens is 1. The topological polar surface area (TPSA) is 62.8 Å². The van der Waals surface area contributed by atoms with Gasteiger partial charge in [-0.2, -0.15) is 5.48 Å². The molecule has 0 saturated carbocycles. The summed E-state index contributed by atoms with van der Waals surface area (Å²) in [5, 5.41) is 1.03. The molecule has 2 N–H and O–H groups in total. The molecule has 0 aliphatic heterocycles. The van der Waals surface area contributed by atoms with Gasteiger partial charge in [-0.1, -0.05) is 0 Å². The van der Waals surface area contributed by atoms with Crippen LogP contribution in [0.5, 0.6) is 0 Å². The standard InChI is InChI=1S/C9H12N4O/c1-6-10-5-8-7(4-12-14-2)3-11-9(8)13-6/h3,5,12H,4H2,1-2H3,(H,10,11,13). The van der Waals surface area contributed by atoms with Crippen molar-refractivity contribution in [2.45, 2.75) is 13.5 Å². The smallest absolute Gasteiger partial charge is 0.141 e. The summed E-state index contributed by atoms with van der Waals surface area (Å²) in [6.07, 6.45) is 3.73. The maximum atomic E-state index is 4.78. The Bertz CT molecular complexity index is 437. The SMILES string of the molecule is CONCc1c[nH]c2nc(C)ncc12. The first-order chi connectivity index (χ1) is 6.81. The lowest BCUT2D eigenvalue weighted by molar-refractivity contribution is 0.0870. The highest BCUT2D eigenvalue weighted by atomic mass is 16.6. The van der Waals surface area contributed by atoms with E-state index < -0.39 is 0 Å². The molecule has 0 fully saturated rings. The Balaban J connectivity index is 2.37. The molecule has 2 aromatic rings. The van der Waals surface area contributed by atoms with Gasteiger partial charge >= 0.3 is 0 Å². The first-order valence-electron chi connectivity index (χ1n) is 4.36. The number of hydrogen-bond donors (Lipinski definition) is 2. The summed E-state index contributed by atoms with van der Waals surface area (Å²) in [5.74, 6) is 0.769. The number of rotatable bonds is 3. The number of fused-ring (bicyclic) bond motifs is 1. The van der Waals surface area contributed by atoms with Crippen molar-refractivity contribution in [2.75, 3.05) is 7.11 Å². The Morgan fingerprint density at radius 1 is 1.57 bits per heavy atom. The van der Waals surface area contributed by atoms with E-state index in [2.05, 4.69) is 20.4 Å². The van der Waals surface area contributed by atoms with Gasteiger partial charge in [-0.05, 0) is 12.5 Å². The Morgan fingerprint density at radius 2 is 2.43 bits per heavy atom. The molecular formula is C9H12N4O. The maximum absolute atomic E-state index is 4.78. The Labute approximate surface area is 81.5 Å². The third-order valence-corrected chi connectivity index (χ3v) is 2.05. The third kappa shape index (κ3) is 1.59. The summed E-state index contributed by atoms with van der Waals surface area (Å²) in [7, 11) is 1.59. The molecule has 0 aliphatic carbocycles. The van der Waals surface area contributed by atoms with E-state index in [0.29, 0.717) is 6.54 Å². The van der Waals surface area contributed by atoms with Gasteiger partial charge in [0.15, 0.2) is 0 Å². The van der Waals surface area contributed by atoms with Gasteiger partial charge in [-0.25, -0.2) is 9.97 Å². The lowest BCUT2D eigenvalue weighted by Crippen LogP contribution is -2.10. The molecule has 5 heteroatoms. The molecule has 0 aliphatic rings. The summed E-state index contributed by atoms with van der Waals surface area (Å²) in [6.45, 7) is 2.51. The van der Waals surface area contributed by atoms with Crippen molar-refractivity contribution in [1.29, 1.82) is 0 Å². The minimum Gasteiger partial charge on any atom is -0.346 e. The first kappa shape index (κ1) is 9.11. The van der Waals surface area contributed by atoms with Gasteiger partial charge in [-0.15, -0.1) is 0 Å². The van der Waals surface area contributed by atoms with E-state index in [1.807, 2.05) is 19.3 Å². The first-order valence-corrected chi connectivity index (χ1v) is 4.36. The summed E-state index contributed by atoms with van der Waals surface area (Å²) in [5.41, 5.74) is 4.75. The zero-order valence-corrected chi connectivity index (χ0v) is 8.16. The second-order valence-corrected chi connectivity index (χ2v) is 3.02. The molecule has 0 aromatic carbocycles. The normalized spacial score (nSPS) is 11.0. The maximum Gasteiger partial charge on any atom is 0.141 e. The van der Waals surface area contributed by atoms with Gasteiger partial charge in [0.05, 0.1) is 7.11 Å². The van der Waals surface area contributed by atoms with Crippen molar-refractivity contribution in [2.24, 2.45) is 0 Å². The number of aromatic nitrogens is 3. The molecule has 2 rings (SSSR count). The molecule has 0 bridgehead atoms. The Kier molecular flexibility index (Phi) is 2.43. The van der Waals surface area contributed by atoms with Gasteiger partial charge < -0.3 is 9.82 Å². The van der Waals surface area contributed by atoms with Crippen molar-refractivity contribution in [3.63, 3.8) is 0 Å². The molecule has 74 valence electrons. The Hall–Kier alpha value is -1.46. The predicted molar refractivity (Wildman–Crippen MR) is 52.5 cm³/mol. The minimum absolute atomic E-state index is 0.642. The zero-order valence-electron chi connectivity index (χ0n) is 8.16. The molecule has 0 amide bonds. The molecule has 0 radical (unpaired) electrons. The fraction of sp³-hybridized carbons (Fsp3) is 0.333. The zero-order chi connectivity index (χ0) is 9.97. The number of hydrogen-bond acceptors (Lipinski definition) is 4. The second-order valence-electron chi connectivity index (χ2n) is 3.02. The summed E-state index contributed by atoms with van der Waals surface area (Å²) in [6, 6.07) is 0. The van der Waals surface area contributed by atoms with E-state index in [1.54, 1.807) is 7.11 Å². The predicted octanol–water partition coefficient (Wildman–Crippen LogP) is 0.917. The van der Waals surface area contributed by atoms with Crippen LogP contribution >= 0.6 is 0 Å². The number of nitrogens with one attached hydrogen (secondary N) is 2. The van der Waals surface area contributed by atoms with Crippen molar-refractivity contribution < 1.29 is 4.84 Å². The Morgan fingerprint density at radius 3 is 3.21 bits per heavy atom. The van der Waals surface area contributed by atoms with Crippen molar-refractivity contribution >= 4 is 11.0 Å². The summed E-state index contributed by atoms with van der Waals surface area (Å²) in [4.78, 5) is 16.3. The fourth-order valence-corrected chi connectivity index (χ4v) is 1.34. The van der Waals surface area contributed by atoms with Gasteiger partial charge in [-0.3, -0.25) is 0 Å². The van der Waals surface area contributed by atoms with E-state index >= 15 is 0 Å². The number of nitrogens with zero attached hydrogens (tertiary/aromatic N) is 2. The molecule has 5 nitrogen and oxygen atoms in total.